The average Bonchev–Trinajstić information content (AvgIpc) is 0.842. The summed E-state index contributed by atoms with van der Waals surface area (Å²) in [5.41, 5.74) is 2.41. The maximum atomic E-state index is 12.2. The van der Waals surface area contributed by atoms with Crippen LogP contribution < -0.4 is 21.3 Å². The molecule has 0 aliphatic carbocycles. The van der Waals surface area contributed by atoms with Gasteiger partial charge >= 0.3 is 66.2 Å². The molecule has 4 amide bonds. The number of alkyl carbamates (subject to hydrolysis) is 4. The second-order valence-electron chi connectivity index (χ2n) is 27.4. The molecule has 27 heteroatoms. The fourth-order valence-corrected chi connectivity index (χ4v) is 9.53. The Morgan fingerprint density at radius 2 is 0.566 bits per heavy atom. The molecular weight excluding hydrogens is 1460 g/mol. The van der Waals surface area contributed by atoms with Crippen molar-refractivity contribution in [3.8, 4) is 0 Å². The van der Waals surface area contributed by atoms with E-state index >= 15 is 0 Å². The number of ether oxygens (including phenoxy) is 12. The van der Waals surface area contributed by atoms with Gasteiger partial charge in [-0.1, -0.05) is 113 Å². The zero-order valence-electron chi connectivity index (χ0n) is 68.5. The Morgan fingerprint density at radius 3 is 0.832 bits per heavy atom. The van der Waals surface area contributed by atoms with Crippen molar-refractivity contribution in [2.45, 2.75) is 207 Å². The van der Waals surface area contributed by atoms with Crippen LogP contribution in [0, 0.1) is 10.8 Å². The zero-order chi connectivity index (χ0) is 85.8. The molecule has 0 aromatic rings. The van der Waals surface area contributed by atoms with E-state index in [9.17, 15) is 52.7 Å². The van der Waals surface area contributed by atoms with Crippen molar-refractivity contribution < 1.29 is 110 Å². The van der Waals surface area contributed by atoms with Gasteiger partial charge < -0.3 is 78.1 Å². The number of unbranched alkanes of at least 4 members (excludes halogenated alkanes) is 6. The van der Waals surface area contributed by atoms with Crippen LogP contribution in [0.4, 0.5) is 19.2 Å². The summed E-state index contributed by atoms with van der Waals surface area (Å²) in [6.07, 6.45) is 24.3. The summed E-state index contributed by atoms with van der Waals surface area (Å²) in [7, 11) is 0. The van der Waals surface area contributed by atoms with Gasteiger partial charge in [-0.05, 0) is 163 Å². The van der Waals surface area contributed by atoms with Crippen LogP contribution in [0.5, 0.6) is 0 Å². The summed E-state index contributed by atoms with van der Waals surface area (Å²) >= 11 is 0. The third-order valence-electron chi connectivity index (χ3n) is 16.1. The summed E-state index contributed by atoms with van der Waals surface area (Å²) in [5.74, 6) is -4.64. The molecule has 0 saturated heterocycles. The van der Waals surface area contributed by atoms with Crippen LogP contribution in [0.2, 0.25) is 0 Å². The first kappa shape index (κ1) is 107. The van der Waals surface area contributed by atoms with Crippen molar-refractivity contribution in [1.29, 1.82) is 0 Å². The van der Waals surface area contributed by atoms with Crippen LogP contribution >= 0.6 is 0 Å². The van der Waals surface area contributed by atoms with E-state index in [2.05, 4.69) is 113 Å². The first-order chi connectivity index (χ1) is 53.6. The van der Waals surface area contributed by atoms with Gasteiger partial charge in [0.05, 0.1) is 18.6 Å². The Hall–Kier alpha value is -10.3. The van der Waals surface area contributed by atoms with Crippen LogP contribution in [0.25, 0.3) is 0 Å². The van der Waals surface area contributed by atoms with Gasteiger partial charge in [0, 0.05) is 67.2 Å². The summed E-state index contributed by atoms with van der Waals surface area (Å²) in [6.45, 7) is 61.4. The van der Waals surface area contributed by atoms with Gasteiger partial charge in [-0.25, -0.2) is 52.7 Å². The van der Waals surface area contributed by atoms with E-state index < -0.39 is 83.8 Å². The first-order valence-electron chi connectivity index (χ1n) is 38.0. The van der Waals surface area contributed by atoms with E-state index in [-0.39, 0.29) is 87.2 Å². The number of hydrogen-bond acceptors (Lipinski definition) is 23. The molecule has 0 fully saturated rings. The van der Waals surface area contributed by atoms with Crippen molar-refractivity contribution in [2.75, 3.05) is 85.6 Å². The van der Waals surface area contributed by atoms with Gasteiger partial charge in [0.2, 0.25) is 0 Å². The highest BCUT2D eigenvalue weighted by Crippen LogP contribution is 2.37. The monoisotopic (exact) mass is 1590 g/mol. The fraction of sp³-hybridized carbons (Fsp3) is 0.547. The van der Waals surface area contributed by atoms with Crippen LogP contribution in [0.3, 0.4) is 0 Å². The van der Waals surface area contributed by atoms with E-state index in [1.807, 2.05) is 45.1 Å². The maximum Gasteiger partial charge on any atom is 0.407 e. The fourth-order valence-electron chi connectivity index (χ4n) is 9.53. The number of carbonyl (C=O) groups excluding carboxylic acids is 11. The second-order valence-corrected chi connectivity index (χ2v) is 27.4. The number of carbonyl (C=O) groups is 11. The van der Waals surface area contributed by atoms with Crippen molar-refractivity contribution in [2.24, 2.45) is 10.8 Å². The molecule has 0 radical (unpaired) electrons. The molecule has 0 spiro atoms. The molecule has 0 aromatic heterocycles. The number of amides is 4. The Labute approximate surface area is 671 Å². The van der Waals surface area contributed by atoms with E-state index in [0.717, 1.165) is 169 Å². The predicted molar refractivity (Wildman–Crippen MR) is 438 cm³/mol. The maximum absolute atomic E-state index is 12.2. The highest BCUT2D eigenvalue weighted by molar-refractivity contribution is 5.88. The molecule has 2 unspecified atom stereocenters. The lowest BCUT2D eigenvalue weighted by Crippen LogP contribution is -2.44. The lowest BCUT2D eigenvalue weighted by molar-refractivity contribution is -0.163. The zero-order valence-corrected chi connectivity index (χ0v) is 68.5. The molecule has 0 bridgehead atoms. The second kappa shape index (κ2) is 67.4. The molecule has 113 heavy (non-hydrogen) atoms. The largest absolute Gasteiger partial charge is 0.462 e. The third-order valence-corrected chi connectivity index (χ3v) is 16.1. The van der Waals surface area contributed by atoms with Gasteiger partial charge in [-0.2, -0.15) is 0 Å². The summed E-state index contributed by atoms with van der Waals surface area (Å²) < 4.78 is 63.4. The molecule has 0 saturated carbocycles. The lowest BCUT2D eigenvalue weighted by Gasteiger charge is -2.36. The topological polar surface area (TPSA) is 347 Å². The molecular formula is C86H132N4O23. The van der Waals surface area contributed by atoms with Crippen molar-refractivity contribution in [3.05, 3.63) is 174 Å². The summed E-state index contributed by atoms with van der Waals surface area (Å²) in [5, 5.41) is 10.8. The molecule has 2 atom stereocenters. The number of esters is 7. The number of allylic oxidation sites excluding steroid dienone is 7. The molecule has 4 N–H and O–H groups in total. The van der Waals surface area contributed by atoms with E-state index in [4.69, 9.17) is 56.8 Å². The van der Waals surface area contributed by atoms with Gasteiger partial charge in [0.1, 0.15) is 58.5 Å². The normalized spacial score (nSPS) is 11.0. The first-order valence-corrected chi connectivity index (χ1v) is 38.0. The Balaban J connectivity index is -0.00000161. The minimum Gasteiger partial charge on any atom is -0.462 e. The highest BCUT2D eigenvalue weighted by atomic mass is 16.6. The van der Waals surface area contributed by atoms with Crippen molar-refractivity contribution in [1.82, 2.24) is 21.3 Å². The molecule has 0 heterocycles. The van der Waals surface area contributed by atoms with Gasteiger partial charge in [-0.15, -0.1) is 46.1 Å². The van der Waals surface area contributed by atoms with Gasteiger partial charge in [0.15, 0.2) is 12.2 Å². The van der Waals surface area contributed by atoms with Crippen molar-refractivity contribution in [3.63, 3.8) is 0 Å². The quantitative estimate of drug-likeness (QED) is 0.0144. The molecule has 634 valence electrons. The SMILES string of the molecule is C=C(C)CCC(CCC(=C)C)OC(=O)NCCCCCCNC(=O)OC(COC(=O)C(=C)C)COC(=O)C(=C)C.C=CCCC(CCC(=C)C)OC(=O)NCCCCCCNC(=O)OC(COC(=O)C=C)COC(=O)C(=C)C.C=CCCC(CCC=C)(CCC=C)COCC(COC(=O)C=C)(COC(=O)C=C)COC(=O)C=C. The van der Waals surface area contributed by atoms with Gasteiger partial charge in [-0.3, -0.25) is 0 Å². The van der Waals surface area contributed by atoms with E-state index in [1.54, 1.807) is 0 Å². The molecule has 0 rings (SSSR count). The Kier molecular flexibility index (Phi) is 63.7. The summed E-state index contributed by atoms with van der Waals surface area (Å²) in [4.78, 5) is 130. The molecule has 27 nitrogen and oxygen atoms in total. The van der Waals surface area contributed by atoms with Gasteiger partial charge in [0.25, 0.3) is 0 Å². The smallest absolute Gasteiger partial charge is 0.407 e. The Bertz CT molecular complexity index is 2950. The number of nitrogens with one attached hydrogen (secondary N) is 4. The third kappa shape index (κ3) is 62.0. The van der Waals surface area contributed by atoms with Crippen molar-refractivity contribution >= 4 is 66.2 Å². The lowest BCUT2D eigenvalue weighted by atomic mass is 9.75. The number of hydrogen-bond donors (Lipinski definition) is 4. The van der Waals surface area contributed by atoms with Crippen LogP contribution in [0.1, 0.15) is 183 Å². The minimum atomic E-state index is -1.16. The predicted octanol–water partition coefficient (Wildman–Crippen LogP) is 15.7. The molecule has 0 aliphatic rings. The summed E-state index contributed by atoms with van der Waals surface area (Å²) in [6, 6.07) is 0. The standard InChI is InChI=1S/C30H48N2O8.C28H44N2O8.C28H40O7/c1-21(2)13-15-25(16-14-22(3)4)39-29(35)31-17-11-9-10-12-18-32-30(36)40-26(19-37-27(33)23(5)6)20-38-28(34)24(7)8;1-7-9-14-23(16-15-21(3)4)37-27(33)29-17-12-10-11-13-18-30-28(34)38-24(19-35-25(31)8-2)20-36-26(32)22(5)6;1-7-13-16-27(17-14-8-2,18-15-9-3)19-32-20-28(21-33-24(29)10-4,22-34-25(30)11-5)23-35-26(31)12-6/h25-26H,1,3,5,7,9-20H2,2,4,6,8H3,(H,31,35)(H,32,36);7-8,23-24H,1-3,5,9-20H2,4,6H3,(H,29,33)(H,30,34);7-12H,1-6,13-23H2. The van der Waals surface area contributed by atoms with Crippen LogP contribution in [-0.4, -0.2) is 176 Å². The molecule has 0 aromatic carbocycles. The van der Waals surface area contributed by atoms with E-state index in [1.165, 1.54) is 20.8 Å². The van der Waals surface area contributed by atoms with E-state index in [0.29, 0.717) is 45.6 Å². The molecule has 0 aliphatic heterocycles. The average molecular weight is 1590 g/mol. The number of rotatable bonds is 64. The van der Waals surface area contributed by atoms with Crippen LogP contribution in [-0.2, 0) is 90.4 Å². The highest BCUT2D eigenvalue weighted by Gasteiger charge is 2.38. The van der Waals surface area contributed by atoms with Crippen LogP contribution in [0.15, 0.2) is 174 Å². The Morgan fingerprint density at radius 1 is 0.310 bits per heavy atom. The minimum absolute atomic E-state index is 0.00964.